The van der Waals surface area contributed by atoms with Gasteiger partial charge in [-0.05, 0) is 23.3 Å². The summed E-state index contributed by atoms with van der Waals surface area (Å²) in [5.41, 5.74) is 3.47. The molecule has 136 valence electrons. The van der Waals surface area contributed by atoms with Gasteiger partial charge in [0.05, 0.1) is 20.2 Å². The Morgan fingerprint density at radius 1 is 1.07 bits per heavy atom. The fourth-order valence-corrected chi connectivity index (χ4v) is 3.47. The number of rotatable bonds is 5. The average Bonchev–Trinajstić information content (AvgIpc) is 2.86. The lowest BCUT2D eigenvalue weighted by atomic mass is 9.65. The summed E-state index contributed by atoms with van der Waals surface area (Å²) >= 11 is 0. The van der Waals surface area contributed by atoms with Crippen molar-refractivity contribution in [1.29, 1.82) is 0 Å². The van der Waals surface area contributed by atoms with Crippen molar-refractivity contribution in [2.45, 2.75) is 10.0 Å². The second kappa shape index (κ2) is 6.74. The predicted octanol–water partition coefficient (Wildman–Crippen LogP) is 0.368. The van der Waals surface area contributed by atoms with E-state index in [-0.39, 0.29) is 11.1 Å². The van der Waals surface area contributed by atoms with E-state index in [1.165, 1.54) is 36.4 Å². The Labute approximate surface area is 165 Å². The number of carbonyl (C=O) groups is 1. The standard InChI is InChI=1S/C17H11B3FNO5S/c18-16(10-6-8-12(21)9-7-10)14(23)13(15(22)26-16)27-28(24,25)17(19,20)11-4-2-1-3-5-11/h1-9H,22H2. The molecule has 0 aromatic heterocycles. The van der Waals surface area contributed by atoms with E-state index in [9.17, 15) is 17.6 Å². The molecule has 11 heteroatoms. The summed E-state index contributed by atoms with van der Waals surface area (Å²) < 4.78 is 45.9. The normalized spacial score (nSPS) is 20.1. The van der Waals surface area contributed by atoms with Gasteiger partial charge in [0.15, 0.2) is 5.50 Å². The van der Waals surface area contributed by atoms with Gasteiger partial charge in [0.2, 0.25) is 17.4 Å². The highest BCUT2D eigenvalue weighted by molar-refractivity contribution is 7.90. The van der Waals surface area contributed by atoms with Gasteiger partial charge < -0.3 is 14.7 Å². The van der Waals surface area contributed by atoms with Crippen molar-refractivity contribution in [3.05, 3.63) is 83.2 Å². The van der Waals surface area contributed by atoms with Crippen LogP contribution >= 0.6 is 0 Å². The summed E-state index contributed by atoms with van der Waals surface area (Å²) in [5, 5.41) is 0. The van der Waals surface area contributed by atoms with Crippen molar-refractivity contribution >= 4 is 39.4 Å². The van der Waals surface area contributed by atoms with Gasteiger partial charge in [-0.2, -0.15) is 8.42 Å². The van der Waals surface area contributed by atoms with Crippen LogP contribution in [0.15, 0.2) is 66.2 Å². The molecule has 0 saturated heterocycles. The lowest BCUT2D eigenvalue weighted by Gasteiger charge is -2.26. The van der Waals surface area contributed by atoms with E-state index in [0.29, 0.717) is 0 Å². The van der Waals surface area contributed by atoms with Crippen LogP contribution in [0.1, 0.15) is 11.1 Å². The van der Waals surface area contributed by atoms with Crippen LogP contribution in [-0.2, 0) is 33.9 Å². The Morgan fingerprint density at radius 3 is 2.21 bits per heavy atom. The lowest BCUT2D eigenvalue weighted by Crippen LogP contribution is -2.40. The third-order valence-electron chi connectivity index (χ3n) is 4.14. The minimum Gasteiger partial charge on any atom is -0.467 e. The largest absolute Gasteiger partial charge is 0.467 e. The summed E-state index contributed by atoms with van der Waals surface area (Å²) in [5.74, 6) is -3.21. The van der Waals surface area contributed by atoms with E-state index in [1.807, 2.05) is 0 Å². The fraction of sp³-hybridized carbons (Fsp3) is 0.118. The Kier molecular flexibility index (Phi) is 4.83. The molecular weight excluding hydrogens is 382 g/mol. The zero-order chi connectivity index (χ0) is 20.7. The molecule has 1 unspecified atom stereocenters. The second-order valence-corrected chi connectivity index (χ2v) is 7.81. The van der Waals surface area contributed by atoms with Gasteiger partial charge in [0.1, 0.15) is 13.7 Å². The Hall–Kier alpha value is -2.68. The molecule has 0 saturated carbocycles. The molecule has 6 nitrogen and oxygen atoms in total. The van der Waals surface area contributed by atoms with Crippen LogP contribution in [-0.4, -0.2) is 37.7 Å². The van der Waals surface area contributed by atoms with Gasteiger partial charge in [-0.15, -0.1) is 0 Å². The average molecular weight is 393 g/mol. The van der Waals surface area contributed by atoms with Crippen molar-refractivity contribution in [3.63, 3.8) is 0 Å². The summed E-state index contributed by atoms with van der Waals surface area (Å²) in [4.78, 5) is 12.7. The second-order valence-electron chi connectivity index (χ2n) is 6.06. The lowest BCUT2D eigenvalue weighted by molar-refractivity contribution is -0.126. The van der Waals surface area contributed by atoms with Gasteiger partial charge in [-0.1, -0.05) is 42.5 Å². The zero-order valence-electron chi connectivity index (χ0n) is 14.3. The number of ketones is 1. The summed E-state index contributed by atoms with van der Waals surface area (Å²) in [6.07, 6.45) is 0. The number of Topliss-reactive ketones (excluding diaryl/α,β-unsaturated/α-hetero) is 1. The first-order valence-electron chi connectivity index (χ1n) is 7.85. The first kappa shape index (κ1) is 20.1. The minimum atomic E-state index is -4.80. The molecular formula is C17H11B3FNO5S. The maximum Gasteiger partial charge on any atom is 0.302 e. The number of benzene rings is 2. The first-order chi connectivity index (χ1) is 13.0. The summed E-state index contributed by atoms with van der Waals surface area (Å²) in [6, 6.07) is 11.9. The molecule has 0 amide bonds. The number of halogens is 1. The smallest absolute Gasteiger partial charge is 0.302 e. The molecule has 0 bridgehead atoms. The van der Waals surface area contributed by atoms with Crippen molar-refractivity contribution in [2.24, 2.45) is 5.73 Å². The van der Waals surface area contributed by atoms with Gasteiger partial charge in [-0.25, -0.2) is 4.39 Å². The SMILES string of the molecule is [B]C1(c2ccc(F)cc2)OC(N)=C(OS(=O)(=O)C([B])([B])c2ccccc2)C1=O. The highest BCUT2D eigenvalue weighted by Gasteiger charge is 2.50. The molecule has 0 spiro atoms. The summed E-state index contributed by atoms with van der Waals surface area (Å²) in [7, 11) is 12.7. The highest BCUT2D eigenvalue weighted by atomic mass is 32.2. The molecule has 2 aromatic rings. The van der Waals surface area contributed by atoms with Gasteiger partial charge in [0, 0.05) is 0 Å². The maximum atomic E-state index is 13.1. The zero-order valence-corrected chi connectivity index (χ0v) is 15.1. The number of hydrogen-bond donors (Lipinski definition) is 1. The molecule has 2 aromatic carbocycles. The van der Waals surface area contributed by atoms with E-state index in [0.717, 1.165) is 12.1 Å². The van der Waals surface area contributed by atoms with Crippen LogP contribution in [0.5, 0.6) is 0 Å². The van der Waals surface area contributed by atoms with Crippen LogP contribution in [0.25, 0.3) is 0 Å². The minimum absolute atomic E-state index is 0.0121. The van der Waals surface area contributed by atoms with Gasteiger partial charge in [0.25, 0.3) is 0 Å². The fourth-order valence-electron chi connectivity index (χ4n) is 2.53. The molecule has 28 heavy (non-hydrogen) atoms. The van der Waals surface area contributed by atoms with E-state index in [4.69, 9.17) is 38.2 Å². The number of carbonyl (C=O) groups excluding carboxylic acids is 1. The van der Waals surface area contributed by atoms with Crippen LogP contribution in [0.4, 0.5) is 4.39 Å². The molecule has 2 N–H and O–H groups in total. The molecule has 6 radical (unpaired) electrons. The first-order valence-corrected chi connectivity index (χ1v) is 9.25. The molecule has 0 fully saturated rings. The molecule has 1 aliphatic heterocycles. The molecule has 1 atom stereocenters. The van der Waals surface area contributed by atoms with Crippen molar-refractivity contribution < 1.29 is 26.5 Å². The van der Waals surface area contributed by atoms with Crippen molar-refractivity contribution in [3.8, 4) is 0 Å². The molecule has 1 aliphatic rings. The monoisotopic (exact) mass is 393 g/mol. The van der Waals surface area contributed by atoms with E-state index in [1.54, 1.807) is 6.07 Å². The summed E-state index contributed by atoms with van der Waals surface area (Å²) in [6.45, 7) is 0. The van der Waals surface area contributed by atoms with Crippen LogP contribution in [0.3, 0.4) is 0 Å². The van der Waals surface area contributed by atoms with Crippen LogP contribution in [0, 0.1) is 5.82 Å². The number of ether oxygens (including phenoxy) is 1. The van der Waals surface area contributed by atoms with Crippen molar-refractivity contribution in [1.82, 2.24) is 0 Å². The topological polar surface area (TPSA) is 95.7 Å². The third kappa shape index (κ3) is 3.19. The van der Waals surface area contributed by atoms with E-state index in [2.05, 4.69) is 0 Å². The predicted molar refractivity (Wildman–Crippen MR) is 101 cm³/mol. The Morgan fingerprint density at radius 2 is 1.64 bits per heavy atom. The van der Waals surface area contributed by atoms with Gasteiger partial charge in [-0.3, -0.25) is 4.79 Å². The van der Waals surface area contributed by atoms with E-state index >= 15 is 0 Å². The molecule has 3 rings (SSSR count). The Balaban J connectivity index is 1.93. The maximum absolute atomic E-state index is 13.1. The highest BCUT2D eigenvalue weighted by Crippen LogP contribution is 2.37. The van der Waals surface area contributed by atoms with Gasteiger partial charge >= 0.3 is 10.1 Å². The third-order valence-corrected chi connectivity index (χ3v) is 5.59. The quantitative estimate of drug-likeness (QED) is 0.583. The number of nitrogens with two attached hydrogens (primary N) is 1. The van der Waals surface area contributed by atoms with Crippen LogP contribution < -0.4 is 5.73 Å². The van der Waals surface area contributed by atoms with E-state index < -0.39 is 43.4 Å². The van der Waals surface area contributed by atoms with Crippen LogP contribution in [0.2, 0.25) is 0 Å². The van der Waals surface area contributed by atoms with Crippen molar-refractivity contribution in [2.75, 3.05) is 0 Å². The Bertz CT molecular complexity index is 1060. The number of hydrogen-bond acceptors (Lipinski definition) is 6. The molecule has 0 aliphatic carbocycles. The molecule has 1 heterocycles.